The summed E-state index contributed by atoms with van der Waals surface area (Å²) in [7, 11) is 0. The zero-order valence-corrected chi connectivity index (χ0v) is 21.2. The number of allylic oxidation sites excluding steroid dienone is 1. The third kappa shape index (κ3) is 6.12. The van der Waals surface area contributed by atoms with Gasteiger partial charge in [-0.3, -0.25) is 4.79 Å². The van der Waals surface area contributed by atoms with Crippen LogP contribution in [0.25, 0.3) is 0 Å². The van der Waals surface area contributed by atoms with Crippen LogP contribution in [-0.2, 0) is 14.3 Å². The van der Waals surface area contributed by atoms with Gasteiger partial charge < -0.3 is 20.1 Å². The van der Waals surface area contributed by atoms with Crippen LogP contribution in [0.15, 0.2) is 58.7 Å². The molecule has 1 atom stereocenters. The molecule has 0 spiro atoms. The second-order valence-corrected chi connectivity index (χ2v) is 8.81. The summed E-state index contributed by atoms with van der Waals surface area (Å²) in [5.74, 6) is 0.142. The van der Waals surface area contributed by atoms with Crippen LogP contribution < -0.4 is 15.4 Å². The van der Waals surface area contributed by atoms with Crippen molar-refractivity contribution in [3.63, 3.8) is 0 Å². The summed E-state index contributed by atoms with van der Waals surface area (Å²) in [5.41, 5.74) is 3.27. The molecule has 1 aliphatic rings. The number of benzene rings is 2. The maximum atomic E-state index is 12.8. The first kappa shape index (κ1) is 25.6. The summed E-state index contributed by atoms with van der Waals surface area (Å²) < 4.78 is 11.1. The lowest BCUT2D eigenvalue weighted by Gasteiger charge is -2.26. The van der Waals surface area contributed by atoms with Gasteiger partial charge in [-0.05, 0) is 51.5 Å². The SMILES string of the molecule is CCOC(=O)C1=C(C)NC(SCC(=O)Nc2cccc(Cl)c2C)=N[C@H]1c1ccccc1OCC. The molecule has 1 amide bonds. The Bertz CT molecular complexity index is 1130. The first-order valence-electron chi connectivity index (χ1n) is 11.0. The molecular weight excluding hydrogens is 474 g/mol. The second kappa shape index (κ2) is 11.9. The number of anilines is 1. The molecule has 0 fully saturated rings. The van der Waals surface area contributed by atoms with Crippen molar-refractivity contribution in [2.24, 2.45) is 4.99 Å². The van der Waals surface area contributed by atoms with Crippen LogP contribution in [0.3, 0.4) is 0 Å². The predicted molar refractivity (Wildman–Crippen MR) is 138 cm³/mol. The van der Waals surface area contributed by atoms with Crippen molar-refractivity contribution >= 4 is 46.1 Å². The van der Waals surface area contributed by atoms with Crippen molar-refractivity contribution in [2.45, 2.75) is 33.7 Å². The van der Waals surface area contributed by atoms with E-state index in [-0.39, 0.29) is 18.3 Å². The predicted octanol–water partition coefficient (Wildman–Crippen LogP) is 5.26. The fraction of sp³-hybridized carbons (Fsp3) is 0.320. The van der Waals surface area contributed by atoms with Gasteiger partial charge in [0.15, 0.2) is 5.17 Å². The lowest BCUT2D eigenvalue weighted by molar-refractivity contribution is -0.139. The molecule has 0 radical (unpaired) electrons. The third-order valence-corrected chi connectivity index (χ3v) is 6.41. The quantitative estimate of drug-likeness (QED) is 0.480. The molecule has 7 nitrogen and oxygen atoms in total. The number of carbonyl (C=O) groups is 2. The van der Waals surface area contributed by atoms with Crippen molar-refractivity contribution in [1.29, 1.82) is 0 Å². The van der Waals surface area contributed by atoms with Crippen LogP contribution >= 0.6 is 23.4 Å². The van der Waals surface area contributed by atoms with Crippen LogP contribution in [0.4, 0.5) is 5.69 Å². The lowest BCUT2D eigenvalue weighted by Crippen LogP contribution is -2.31. The minimum absolute atomic E-state index is 0.125. The fourth-order valence-electron chi connectivity index (χ4n) is 3.48. The molecule has 2 N–H and O–H groups in total. The number of ether oxygens (including phenoxy) is 2. The van der Waals surface area contributed by atoms with Crippen molar-refractivity contribution in [2.75, 3.05) is 24.3 Å². The van der Waals surface area contributed by atoms with E-state index in [9.17, 15) is 9.59 Å². The number of thioether (sulfide) groups is 1. The van der Waals surface area contributed by atoms with Crippen molar-refractivity contribution in [3.05, 3.63) is 69.9 Å². The molecule has 2 aromatic rings. The highest BCUT2D eigenvalue weighted by Crippen LogP contribution is 2.37. The van der Waals surface area contributed by atoms with Gasteiger partial charge in [0.1, 0.15) is 11.8 Å². The van der Waals surface area contributed by atoms with Gasteiger partial charge >= 0.3 is 5.97 Å². The van der Waals surface area contributed by atoms with E-state index in [1.54, 1.807) is 32.0 Å². The fourth-order valence-corrected chi connectivity index (χ4v) is 4.40. The smallest absolute Gasteiger partial charge is 0.338 e. The molecule has 0 saturated carbocycles. The topological polar surface area (TPSA) is 89.0 Å². The number of nitrogens with one attached hydrogen (secondary N) is 2. The van der Waals surface area contributed by atoms with Gasteiger partial charge in [0.05, 0.1) is 24.5 Å². The first-order chi connectivity index (χ1) is 16.3. The number of amidine groups is 1. The summed E-state index contributed by atoms with van der Waals surface area (Å²) in [6, 6.07) is 12.2. The minimum atomic E-state index is -0.621. The highest BCUT2D eigenvalue weighted by molar-refractivity contribution is 8.14. The Balaban J connectivity index is 1.83. The largest absolute Gasteiger partial charge is 0.494 e. The van der Waals surface area contributed by atoms with Gasteiger partial charge in [-0.2, -0.15) is 0 Å². The molecular formula is C25H28ClN3O4S. The van der Waals surface area contributed by atoms with Gasteiger partial charge in [-0.25, -0.2) is 9.79 Å². The Morgan fingerprint density at radius 2 is 1.88 bits per heavy atom. The standard InChI is InChI=1S/C25H28ClN3O4S/c1-5-32-20-13-8-7-10-17(20)23-22(24(31)33-6-2)16(4)27-25(29-23)34-14-21(30)28-19-12-9-11-18(26)15(19)3/h7-13,23H,5-6,14H2,1-4H3,(H,27,29)(H,28,30)/t23-/m0/s1. The van der Waals surface area contributed by atoms with E-state index in [4.69, 9.17) is 26.1 Å². The van der Waals surface area contributed by atoms with Crippen LogP contribution in [0.5, 0.6) is 5.75 Å². The maximum Gasteiger partial charge on any atom is 0.338 e. The Hall–Kier alpha value is -2.97. The molecule has 0 bridgehead atoms. The lowest BCUT2D eigenvalue weighted by atomic mass is 9.96. The summed E-state index contributed by atoms with van der Waals surface area (Å²) in [6.45, 7) is 8.05. The number of hydrogen-bond acceptors (Lipinski definition) is 7. The summed E-state index contributed by atoms with van der Waals surface area (Å²) >= 11 is 7.39. The Morgan fingerprint density at radius 3 is 2.62 bits per heavy atom. The zero-order valence-electron chi connectivity index (χ0n) is 19.6. The number of esters is 1. The zero-order chi connectivity index (χ0) is 24.7. The van der Waals surface area contributed by atoms with E-state index in [1.807, 2.05) is 38.1 Å². The molecule has 0 aliphatic carbocycles. The van der Waals surface area contributed by atoms with Gasteiger partial charge in [0, 0.05) is 22.0 Å². The molecule has 1 heterocycles. The third-order valence-electron chi connectivity index (χ3n) is 5.11. The number of para-hydroxylation sites is 1. The maximum absolute atomic E-state index is 12.8. The summed E-state index contributed by atoms with van der Waals surface area (Å²) in [4.78, 5) is 30.1. The van der Waals surface area contributed by atoms with E-state index in [1.165, 1.54) is 11.8 Å². The molecule has 0 unspecified atom stereocenters. The molecule has 34 heavy (non-hydrogen) atoms. The number of aliphatic imine (C=N–C) groups is 1. The molecule has 9 heteroatoms. The van der Waals surface area contributed by atoms with Gasteiger partial charge in [-0.1, -0.05) is 47.6 Å². The van der Waals surface area contributed by atoms with E-state index in [0.29, 0.717) is 39.5 Å². The monoisotopic (exact) mass is 501 g/mol. The molecule has 0 saturated heterocycles. The average molecular weight is 502 g/mol. The summed E-state index contributed by atoms with van der Waals surface area (Å²) in [5, 5.41) is 7.14. The number of halogens is 1. The van der Waals surface area contributed by atoms with Gasteiger partial charge in [0.2, 0.25) is 5.91 Å². The van der Waals surface area contributed by atoms with Crippen LogP contribution in [-0.4, -0.2) is 36.0 Å². The van der Waals surface area contributed by atoms with Crippen molar-refractivity contribution < 1.29 is 19.1 Å². The van der Waals surface area contributed by atoms with E-state index in [2.05, 4.69) is 10.6 Å². The number of amides is 1. The van der Waals surface area contributed by atoms with Crippen LogP contribution in [0, 0.1) is 6.92 Å². The average Bonchev–Trinajstić information content (AvgIpc) is 2.81. The normalized spacial score (nSPS) is 15.3. The Morgan fingerprint density at radius 1 is 1.12 bits per heavy atom. The van der Waals surface area contributed by atoms with Gasteiger partial charge in [-0.15, -0.1) is 0 Å². The summed E-state index contributed by atoms with van der Waals surface area (Å²) in [6.07, 6.45) is 0. The molecule has 2 aromatic carbocycles. The Kier molecular flexibility index (Phi) is 9.01. The second-order valence-electron chi connectivity index (χ2n) is 7.44. The van der Waals surface area contributed by atoms with Crippen LogP contribution in [0.2, 0.25) is 5.02 Å². The Labute approximate surface area is 209 Å². The molecule has 1 aliphatic heterocycles. The highest BCUT2D eigenvalue weighted by Gasteiger charge is 2.32. The van der Waals surface area contributed by atoms with Gasteiger partial charge in [0.25, 0.3) is 0 Å². The number of carbonyl (C=O) groups excluding carboxylic acids is 2. The van der Waals surface area contributed by atoms with Crippen LogP contribution in [0.1, 0.15) is 37.9 Å². The van der Waals surface area contributed by atoms with E-state index in [0.717, 1.165) is 11.1 Å². The van der Waals surface area contributed by atoms with Crippen molar-refractivity contribution in [1.82, 2.24) is 5.32 Å². The molecule has 180 valence electrons. The number of rotatable bonds is 8. The molecule has 0 aromatic heterocycles. The van der Waals surface area contributed by atoms with Crippen molar-refractivity contribution in [3.8, 4) is 5.75 Å². The first-order valence-corrected chi connectivity index (χ1v) is 12.3. The van der Waals surface area contributed by atoms with E-state index >= 15 is 0 Å². The molecule has 3 rings (SSSR count). The van der Waals surface area contributed by atoms with E-state index < -0.39 is 12.0 Å². The minimum Gasteiger partial charge on any atom is -0.494 e. The number of hydrogen-bond donors (Lipinski definition) is 2. The highest BCUT2D eigenvalue weighted by atomic mass is 35.5. The number of nitrogens with zero attached hydrogens (tertiary/aromatic N) is 1.